The molecule has 53 heavy (non-hydrogen) atoms. The molecule has 0 saturated heterocycles. The molecule has 3 aliphatic carbocycles. The Balaban J connectivity index is 0.997. The number of benzene rings is 7. The van der Waals surface area contributed by atoms with Crippen LogP contribution in [0.4, 0.5) is 0 Å². The minimum absolute atomic E-state index is 0.292. The summed E-state index contributed by atoms with van der Waals surface area (Å²) in [4.78, 5) is 0. The summed E-state index contributed by atoms with van der Waals surface area (Å²) in [7, 11) is 0. The van der Waals surface area contributed by atoms with E-state index >= 15 is 0 Å². The van der Waals surface area contributed by atoms with Gasteiger partial charge in [-0.05, 0) is 94.9 Å². The highest BCUT2D eigenvalue weighted by Crippen LogP contribution is 2.44. The van der Waals surface area contributed by atoms with Crippen LogP contribution in [-0.4, -0.2) is 0 Å². The Morgan fingerprint density at radius 3 is 1.42 bits per heavy atom. The zero-order valence-electron chi connectivity index (χ0n) is 29.7. The second-order valence-corrected chi connectivity index (χ2v) is 14.7. The molecule has 0 fully saturated rings. The lowest BCUT2D eigenvalue weighted by Crippen LogP contribution is -2.40. The number of hydrogen-bond acceptors (Lipinski definition) is 0. The predicted octanol–water partition coefficient (Wildman–Crippen LogP) is 11.6. The van der Waals surface area contributed by atoms with Crippen LogP contribution in [0.5, 0.6) is 0 Å². The Hall–Kier alpha value is -6.24. The zero-order valence-corrected chi connectivity index (χ0v) is 29.7. The highest BCUT2D eigenvalue weighted by atomic mass is 14.3. The molecule has 10 rings (SSSR count). The van der Waals surface area contributed by atoms with Gasteiger partial charge in [-0.2, -0.15) is 0 Å². The molecule has 0 radical (unpaired) electrons. The maximum absolute atomic E-state index is 2.40. The van der Waals surface area contributed by atoms with Crippen LogP contribution in [0.3, 0.4) is 0 Å². The molecule has 0 aromatic heterocycles. The fourth-order valence-electron chi connectivity index (χ4n) is 9.28. The van der Waals surface area contributed by atoms with Gasteiger partial charge in [-0.15, -0.1) is 0 Å². The lowest BCUT2D eigenvalue weighted by atomic mass is 9.70. The van der Waals surface area contributed by atoms with Gasteiger partial charge in [0, 0.05) is 17.8 Å². The van der Waals surface area contributed by atoms with E-state index in [0.29, 0.717) is 17.8 Å². The van der Waals surface area contributed by atoms with Crippen molar-refractivity contribution in [1.29, 1.82) is 0 Å². The summed E-state index contributed by atoms with van der Waals surface area (Å²) in [5.74, 6) is 0.976. The molecule has 0 aliphatic heterocycles. The Kier molecular flexibility index (Phi) is 7.95. The normalized spacial score (nSPS) is 18.8. The molecule has 0 spiro atoms. The van der Waals surface area contributed by atoms with Gasteiger partial charge in [0.15, 0.2) is 0 Å². The van der Waals surface area contributed by atoms with Gasteiger partial charge in [-0.25, -0.2) is 0 Å². The van der Waals surface area contributed by atoms with E-state index < -0.39 is 0 Å². The molecule has 0 amide bonds. The molecule has 3 atom stereocenters. The lowest BCUT2D eigenvalue weighted by Gasteiger charge is -2.33. The van der Waals surface area contributed by atoms with Crippen molar-refractivity contribution >= 4 is 32.7 Å². The fraction of sp³-hybridized carbons (Fsp3) is 0.0943. The summed E-state index contributed by atoms with van der Waals surface area (Å²) in [5, 5.41) is 8.05. The Morgan fingerprint density at radius 2 is 0.868 bits per heavy atom. The van der Waals surface area contributed by atoms with Crippen LogP contribution in [-0.2, 0) is 6.42 Å². The first-order valence-corrected chi connectivity index (χ1v) is 19.0. The molecular formula is C53H40. The van der Waals surface area contributed by atoms with E-state index in [1.165, 1.54) is 82.1 Å². The van der Waals surface area contributed by atoms with Gasteiger partial charge < -0.3 is 0 Å². The number of fused-ring (bicyclic) bond motifs is 4. The van der Waals surface area contributed by atoms with E-state index in [2.05, 4.69) is 200 Å². The van der Waals surface area contributed by atoms with Gasteiger partial charge in [0.05, 0.1) is 0 Å². The van der Waals surface area contributed by atoms with Gasteiger partial charge in [0.1, 0.15) is 0 Å². The molecule has 0 saturated carbocycles. The Bertz CT molecular complexity index is 2700. The topological polar surface area (TPSA) is 0 Å². The Morgan fingerprint density at radius 1 is 0.396 bits per heavy atom. The number of allylic oxidation sites excluding steroid dienone is 8. The maximum atomic E-state index is 2.40. The van der Waals surface area contributed by atoms with Crippen LogP contribution < -0.4 is 10.4 Å². The SMILES string of the molecule is C1=CCC(c2c3ccccc3c(-c3ccc(Cc4ccc(C5=c6ccccc6=C(c6ccccc6)C6C=CC=CC56)cc4)cc3)c3ccccc23)C=C1. The number of rotatable bonds is 6. The predicted molar refractivity (Wildman–Crippen MR) is 224 cm³/mol. The van der Waals surface area contributed by atoms with Crippen molar-refractivity contribution in [1.82, 2.24) is 0 Å². The number of hydrogen-bond donors (Lipinski definition) is 0. The van der Waals surface area contributed by atoms with Crippen molar-refractivity contribution < 1.29 is 0 Å². The summed E-state index contributed by atoms with van der Waals surface area (Å²) in [5.41, 5.74) is 12.1. The molecule has 7 aromatic carbocycles. The summed E-state index contributed by atoms with van der Waals surface area (Å²) in [6.07, 6.45) is 20.2. The summed E-state index contributed by atoms with van der Waals surface area (Å²) >= 11 is 0. The summed E-state index contributed by atoms with van der Waals surface area (Å²) in [6.45, 7) is 0. The fourth-order valence-corrected chi connectivity index (χ4v) is 9.28. The van der Waals surface area contributed by atoms with Crippen LogP contribution in [0, 0.1) is 11.8 Å². The van der Waals surface area contributed by atoms with Crippen LogP contribution in [0.15, 0.2) is 200 Å². The minimum atomic E-state index is 0.292. The van der Waals surface area contributed by atoms with Gasteiger partial charge in [-0.3, -0.25) is 0 Å². The second kappa shape index (κ2) is 13.4. The van der Waals surface area contributed by atoms with E-state index in [0.717, 1.165) is 12.8 Å². The van der Waals surface area contributed by atoms with Gasteiger partial charge in [-0.1, -0.05) is 200 Å². The molecule has 0 heteroatoms. The van der Waals surface area contributed by atoms with Crippen LogP contribution >= 0.6 is 0 Å². The quantitative estimate of drug-likeness (QED) is 0.154. The van der Waals surface area contributed by atoms with E-state index in [9.17, 15) is 0 Å². The van der Waals surface area contributed by atoms with Crippen LogP contribution in [0.1, 0.15) is 40.2 Å². The third-order valence-electron chi connectivity index (χ3n) is 11.6. The van der Waals surface area contributed by atoms with Crippen LogP contribution in [0.2, 0.25) is 0 Å². The summed E-state index contributed by atoms with van der Waals surface area (Å²) < 4.78 is 0. The van der Waals surface area contributed by atoms with Crippen molar-refractivity contribution in [3.8, 4) is 11.1 Å². The van der Waals surface area contributed by atoms with E-state index in [1.807, 2.05) is 0 Å². The monoisotopic (exact) mass is 676 g/mol. The third-order valence-corrected chi connectivity index (χ3v) is 11.6. The largest absolute Gasteiger partial charge is 0.0836 e. The van der Waals surface area contributed by atoms with Gasteiger partial charge in [0.2, 0.25) is 0 Å². The average molecular weight is 677 g/mol. The molecule has 0 heterocycles. The maximum Gasteiger partial charge on any atom is 0.0137 e. The van der Waals surface area contributed by atoms with Crippen molar-refractivity contribution in [3.05, 3.63) is 239 Å². The Labute approximate surface area is 311 Å². The molecule has 3 aliphatic rings. The minimum Gasteiger partial charge on any atom is -0.0836 e. The first kappa shape index (κ1) is 31.5. The van der Waals surface area contributed by atoms with Crippen molar-refractivity contribution in [2.75, 3.05) is 0 Å². The zero-order chi connectivity index (χ0) is 35.1. The van der Waals surface area contributed by atoms with Crippen molar-refractivity contribution in [2.45, 2.75) is 18.8 Å². The molecule has 0 nitrogen and oxygen atoms in total. The lowest BCUT2D eigenvalue weighted by molar-refractivity contribution is 0.686. The molecule has 252 valence electrons. The van der Waals surface area contributed by atoms with Crippen molar-refractivity contribution in [2.24, 2.45) is 11.8 Å². The molecule has 0 bridgehead atoms. The third kappa shape index (κ3) is 5.54. The molecular weight excluding hydrogens is 637 g/mol. The smallest absolute Gasteiger partial charge is 0.0137 e. The van der Waals surface area contributed by atoms with Crippen molar-refractivity contribution in [3.63, 3.8) is 0 Å². The standard InChI is InChI=1S/C53H40/c1-3-15-38(16-4-1)50-42-19-7-11-23-46(42)52(47-24-12-8-20-43(47)50)40-31-27-36(28-32-40)35-37-29-33-41(34-30-37)53-48-25-13-9-21-44(48)51(39-17-5-2-6-18-39)45-22-10-14-26-49(45)53/h1-17,19-34,39,42,46H,18,35H2. The first-order valence-electron chi connectivity index (χ1n) is 19.0. The van der Waals surface area contributed by atoms with Gasteiger partial charge >= 0.3 is 0 Å². The molecule has 0 N–H and O–H groups in total. The van der Waals surface area contributed by atoms with Crippen LogP contribution in [0.25, 0.3) is 43.8 Å². The summed E-state index contributed by atoms with van der Waals surface area (Å²) in [6, 6.07) is 56.6. The van der Waals surface area contributed by atoms with E-state index in [1.54, 1.807) is 0 Å². The van der Waals surface area contributed by atoms with Gasteiger partial charge in [0.25, 0.3) is 0 Å². The van der Waals surface area contributed by atoms with E-state index in [-0.39, 0.29) is 0 Å². The highest BCUT2D eigenvalue weighted by molar-refractivity contribution is 6.15. The highest BCUT2D eigenvalue weighted by Gasteiger charge is 2.31. The molecule has 7 aromatic rings. The first-order chi connectivity index (χ1) is 26.3. The van der Waals surface area contributed by atoms with E-state index in [4.69, 9.17) is 0 Å². The second-order valence-electron chi connectivity index (χ2n) is 14.7. The molecule has 3 unspecified atom stereocenters. The average Bonchev–Trinajstić information content (AvgIpc) is 3.23.